The van der Waals surface area contributed by atoms with Gasteiger partial charge in [0.2, 0.25) is 0 Å². The maximum atomic E-state index is 2.36. The Morgan fingerprint density at radius 2 is 0.943 bits per heavy atom. The van der Waals surface area contributed by atoms with Crippen molar-refractivity contribution in [2.24, 2.45) is 0 Å². The van der Waals surface area contributed by atoms with Gasteiger partial charge in [-0.25, -0.2) is 0 Å². The molecule has 0 fully saturated rings. The van der Waals surface area contributed by atoms with Gasteiger partial charge in [-0.05, 0) is 94.6 Å². The molecule has 1 aliphatic carbocycles. The summed E-state index contributed by atoms with van der Waals surface area (Å²) in [5.74, 6) is 0. The maximum Gasteiger partial charge on any atom is 0.0414 e. The molecule has 0 aromatic heterocycles. The molecular formula is C34H29N. The lowest BCUT2D eigenvalue weighted by Crippen LogP contribution is -2.09. The molecule has 6 rings (SSSR count). The lowest BCUT2D eigenvalue weighted by Gasteiger charge is -2.22. The minimum Gasteiger partial charge on any atom is -0.345 e. The van der Waals surface area contributed by atoms with Crippen molar-refractivity contribution in [1.82, 2.24) is 0 Å². The zero-order valence-corrected chi connectivity index (χ0v) is 20.3. The molecule has 0 saturated carbocycles. The van der Waals surface area contributed by atoms with Gasteiger partial charge in [0.15, 0.2) is 0 Å². The van der Waals surface area contributed by atoms with Crippen molar-refractivity contribution in [2.45, 2.75) is 19.8 Å². The minimum atomic E-state index is 1.18. The van der Waals surface area contributed by atoms with Gasteiger partial charge in [0.25, 0.3) is 0 Å². The Balaban J connectivity index is 1.30. The van der Waals surface area contributed by atoms with Crippen LogP contribution in [0.4, 0.5) is 11.4 Å². The van der Waals surface area contributed by atoms with E-state index in [1.807, 2.05) is 0 Å². The summed E-state index contributed by atoms with van der Waals surface area (Å²) in [6, 6.07) is 42.1. The molecular weight excluding hydrogens is 422 g/mol. The minimum absolute atomic E-state index is 1.18. The molecule has 1 nitrogen and oxygen atoms in total. The first-order chi connectivity index (χ1) is 17.1. The first-order valence-electron chi connectivity index (χ1n) is 12.4. The van der Waals surface area contributed by atoms with Crippen LogP contribution < -0.4 is 4.90 Å². The van der Waals surface area contributed by atoms with E-state index in [1.165, 1.54) is 74.3 Å². The summed E-state index contributed by atoms with van der Waals surface area (Å²) in [6.45, 7) is 2.14. The molecule has 0 unspecified atom stereocenters. The Morgan fingerprint density at radius 1 is 0.457 bits per heavy atom. The van der Waals surface area contributed by atoms with E-state index < -0.39 is 0 Å². The molecule has 1 aliphatic rings. The fourth-order valence-electron chi connectivity index (χ4n) is 5.01. The van der Waals surface area contributed by atoms with Gasteiger partial charge < -0.3 is 4.90 Å². The molecule has 0 amide bonds. The molecule has 0 saturated heterocycles. The number of hydrogen-bond acceptors (Lipinski definition) is 1. The fourth-order valence-corrected chi connectivity index (χ4v) is 5.01. The van der Waals surface area contributed by atoms with E-state index in [0.29, 0.717) is 0 Å². The van der Waals surface area contributed by atoms with Gasteiger partial charge in [0.05, 0.1) is 0 Å². The molecule has 5 aromatic rings. The predicted molar refractivity (Wildman–Crippen MR) is 149 cm³/mol. The van der Waals surface area contributed by atoms with Gasteiger partial charge >= 0.3 is 0 Å². The average molecular weight is 452 g/mol. The Hall–Kier alpha value is -4.10. The number of hydrogen-bond donors (Lipinski definition) is 0. The van der Waals surface area contributed by atoms with Crippen LogP contribution in [-0.2, 0) is 12.8 Å². The van der Waals surface area contributed by atoms with E-state index in [4.69, 9.17) is 0 Å². The lowest BCUT2D eigenvalue weighted by molar-refractivity contribution is 0.840. The van der Waals surface area contributed by atoms with E-state index in [0.717, 1.165) is 0 Å². The highest BCUT2D eigenvalue weighted by molar-refractivity contribution is 5.78. The van der Waals surface area contributed by atoms with Crippen molar-refractivity contribution < 1.29 is 0 Å². The van der Waals surface area contributed by atoms with E-state index in [2.05, 4.69) is 134 Å². The van der Waals surface area contributed by atoms with Crippen LogP contribution in [0.5, 0.6) is 0 Å². The Labute approximate surface area is 208 Å². The number of fused-ring (bicyclic) bond motifs is 1. The predicted octanol–water partition coefficient (Wildman–Crippen LogP) is 8.86. The summed E-state index contributed by atoms with van der Waals surface area (Å²) in [4.78, 5) is 2.28. The highest BCUT2D eigenvalue weighted by atomic mass is 15.1. The third kappa shape index (κ3) is 4.26. The van der Waals surface area contributed by atoms with Crippen molar-refractivity contribution in [3.63, 3.8) is 0 Å². The fraction of sp³-hybridized carbons (Fsp3) is 0.118. The lowest BCUT2D eigenvalue weighted by atomic mass is 9.86. The van der Waals surface area contributed by atoms with E-state index in [-0.39, 0.29) is 0 Å². The van der Waals surface area contributed by atoms with Crippen molar-refractivity contribution in [3.8, 4) is 33.4 Å². The van der Waals surface area contributed by atoms with Gasteiger partial charge in [0.1, 0.15) is 0 Å². The van der Waals surface area contributed by atoms with E-state index >= 15 is 0 Å². The second kappa shape index (κ2) is 8.92. The second-order valence-electron chi connectivity index (χ2n) is 9.59. The summed E-state index contributed by atoms with van der Waals surface area (Å²) in [6.07, 6.45) is 2.43. The SMILES string of the molecule is Cc1cccc(-c2cccc(-c3cccc(N(C)c4cccc(-c5ccc6c(c5)CC6)c4)c3)c2)c1. The first kappa shape index (κ1) is 21.4. The highest BCUT2D eigenvalue weighted by Crippen LogP contribution is 2.34. The zero-order chi connectivity index (χ0) is 23.8. The molecule has 0 atom stereocenters. The summed E-state index contributed by atoms with van der Waals surface area (Å²) in [5, 5.41) is 0. The number of rotatable bonds is 5. The smallest absolute Gasteiger partial charge is 0.0414 e. The maximum absolute atomic E-state index is 2.36. The molecule has 170 valence electrons. The van der Waals surface area contributed by atoms with Crippen LogP contribution in [0, 0.1) is 6.92 Å². The van der Waals surface area contributed by atoms with Crippen LogP contribution in [0.25, 0.3) is 33.4 Å². The third-order valence-electron chi connectivity index (χ3n) is 7.22. The van der Waals surface area contributed by atoms with Gasteiger partial charge in [-0.3, -0.25) is 0 Å². The number of anilines is 2. The zero-order valence-electron chi connectivity index (χ0n) is 20.3. The van der Waals surface area contributed by atoms with E-state index in [1.54, 1.807) is 0 Å². The third-order valence-corrected chi connectivity index (χ3v) is 7.22. The van der Waals surface area contributed by atoms with Crippen LogP contribution in [-0.4, -0.2) is 7.05 Å². The van der Waals surface area contributed by atoms with Gasteiger partial charge in [-0.1, -0.05) is 90.5 Å². The van der Waals surface area contributed by atoms with Gasteiger partial charge in [-0.2, -0.15) is 0 Å². The molecule has 0 spiro atoms. The Kier molecular flexibility index (Phi) is 5.47. The van der Waals surface area contributed by atoms with Crippen LogP contribution in [0.3, 0.4) is 0 Å². The molecule has 0 aliphatic heterocycles. The summed E-state index contributed by atoms with van der Waals surface area (Å²) in [5.41, 5.74) is 14.2. The van der Waals surface area contributed by atoms with Gasteiger partial charge in [-0.15, -0.1) is 0 Å². The van der Waals surface area contributed by atoms with Crippen LogP contribution in [0.15, 0.2) is 115 Å². The van der Waals surface area contributed by atoms with Crippen molar-refractivity contribution in [1.29, 1.82) is 0 Å². The highest BCUT2D eigenvalue weighted by Gasteiger charge is 2.14. The molecule has 0 heterocycles. The van der Waals surface area contributed by atoms with Crippen molar-refractivity contribution in [3.05, 3.63) is 132 Å². The van der Waals surface area contributed by atoms with E-state index in [9.17, 15) is 0 Å². The number of aryl methyl sites for hydroxylation is 3. The molecule has 1 heteroatoms. The largest absolute Gasteiger partial charge is 0.345 e. The topological polar surface area (TPSA) is 3.24 Å². The number of benzene rings is 5. The monoisotopic (exact) mass is 451 g/mol. The van der Waals surface area contributed by atoms with Crippen LogP contribution in [0.2, 0.25) is 0 Å². The summed E-state index contributed by atoms with van der Waals surface area (Å²) in [7, 11) is 2.15. The van der Waals surface area contributed by atoms with Crippen LogP contribution >= 0.6 is 0 Å². The average Bonchev–Trinajstić information content (AvgIpc) is 2.89. The Morgan fingerprint density at radius 3 is 1.49 bits per heavy atom. The summed E-state index contributed by atoms with van der Waals surface area (Å²) < 4.78 is 0. The second-order valence-corrected chi connectivity index (χ2v) is 9.59. The Bertz CT molecular complexity index is 1530. The normalized spacial score (nSPS) is 12.1. The quantitative estimate of drug-likeness (QED) is 0.258. The van der Waals surface area contributed by atoms with Crippen molar-refractivity contribution in [2.75, 3.05) is 11.9 Å². The molecule has 0 N–H and O–H groups in total. The molecule has 0 radical (unpaired) electrons. The van der Waals surface area contributed by atoms with Gasteiger partial charge in [0, 0.05) is 18.4 Å². The summed E-state index contributed by atoms with van der Waals surface area (Å²) >= 11 is 0. The standard InChI is InChI=1S/C34H29N/c1-24-7-3-8-26(19-24)27-9-4-10-28(20-27)29-11-5-13-33(22-29)35(2)34-14-6-12-30(23-34)32-18-16-25-15-17-31(25)21-32/h3-14,16,18-23H,15,17H2,1-2H3. The molecule has 0 bridgehead atoms. The van der Waals surface area contributed by atoms with Crippen LogP contribution in [0.1, 0.15) is 16.7 Å². The number of nitrogens with zero attached hydrogens (tertiary/aromatic N) is 1. The van der Waals surface area contributed by atoms with Crippen molar-refractivity contribution >= 4 is 11.4 Å². The molecule has 5 aromatic carbocycles. The molecule has 35 heavy (non-hydrogen) atoms. The first-order valence-corrected chi connectivity index (χ1v) is 12.4.